The lowest BCUT2D eigenvalue weighted by molar-refractivity contribution is -0.116. The minimum absolute atomic E-state index is 0.0576. The van der Waals surface area contributed by atoms with Crippen molar-refractivity contribution >= 4 is 17.7 Å². The van der Waals surface area contributed by atoms with Gasteiger partial charge in [-0.05, 0) is 30.2 Å². The number of carboxylic acids is 1. The standard InChI is InChI=1S/C15H14N2O4/c18-12-4-2-1-3-10(12)6-8-14(19)17-13-7-5-11(9-16-13)15(20)21/h1-5,7,9,18H,6,8H2,(H,20,21)(H,16,17,19). The number of phenols is 1. The lowest BCUT2D eigenvalue weighted by Crippen LogP contribution is -2.13. The molecule has 0 atom stereocenters. The average Bonchev–Trinajstić information content (AvgIpc) is 2.47. The van der Waals surface area contributed by atoms with Gasteiger partial charge < -0.3 is 15.5 Å². The Kier molecular flexibility index (Phi) is 4.50. The number of carboxylic acid groups (broad SMARTS) is 1. The Labute approximate surface area is 121 Å². The van der Waals surface area contributed by atoms with Crippen LogP contribution in [0.3, 0.4) is 0 Å². The van der Waals surface area contributed by atoms with E-state index >= 15 is 0 Å². The molecular weight excluding hydrogens is 272 g/mol. The van der Waals surface area contributed by atoms with Crippen LogP contribution in [0.4, 0.5) is 5.82 Å². The highest BCUT2D eigenvalue weighted by Gasteiger charge is 2.07. The normalized spacial score (nSPS) is 10.1. The molecule has 1 aromatic heterocycles. The van der Waals surface area contributed by atoms with Gasteiger partial charge in [-0.25, -0.2) is 9.78 Å². The number of carbonyl (C=O) groups is 2. The molecule has 108 valence electrons. The number of aromatic nitrogens is 1. The van der Waals surface area contributed by atoms with Crippen LogP contribution >= 0.6 is 0 Å². The number of amides is 1. The first kappa shape index (κ1) is 14.5. The van der Waals surface area contributed by atoms with Gasteiger partial charge in [0.25, 0.3) is 0 Å². The van der Waals surface area contributed by atoms with Crippen LogP contribution < -0.4 is 5.32 Å². The molecule has 0 fully saturated rings. The van der Waals surface area contributed by atoms with Gasteiger partial charge in [-0.3, -0.25) is 4.79 Å². The van der Waals surface area contributed by atoms with E-state index in [1.54, 1.807) is 24.3 Å². The van der Waals surface area contributed by atoms with Crippen molar-refractivity contribution in [1.82, 2.24) is 4.98 Å². The van der Waals surface area contributed by atoms with Crippen molar-refractivity contribution in [3.8, 4) is 5.75 Å². The Morgan fingerprint density at radius 3 is 2.52 bits per heavy atom. The number of aromatic hydroxyl groups is 1. The molecule has 0 spiro atoms. The Hall–Kier alpha value is -2.89. The molecule has 3 N–H and O–H groups in total. The maximum Gasteiger partial charge on any atom is 0.337 e. The van der Waals surface area contributed by atoms with E-state index in [-0.39, 0.29) is 23.6 Å². The third-order valence-corrected chi connectivity index (χ3v) is 2.89. The second-order valence-electron chi connectivity index (χ2n) is 4.41. The van der Waals surface area contributed by atoms with Crippen LogP contribution in [0.25, 0.3) is 0 Å². The Morgan fingerprint density at radius 2 is 1.90 bits per heavy atom. The van der Waals surface area contributed by atoms with Crippen LogP contribution in [0.2, 0.25) is 0 Å². The molecule has 0 bridgehead atoms. The van der Waals surface area contributed by atoms with E-state index in [1.807, 2.05) is 0 Å². The van der Waals surface area contributed by atoms with Crippen molar-refractivity contribution in [3.63, 3.8) is 0 Å². The predicted molar refractivity (Wildman–Crippen MR) is 76.3 cm³/mol. The number of aryl methyl sites for hydroxylation is 1. The van der Waals surface area contributed by atoms with E-state index in [0.717, 1.165) is 0 Å². The minimum atomic E-state index is -1.07. The second-order valence-corrected chi connectivity index (χ2v) is 4.41. The maximum absolute atomic E-state index is 11.8. The third kappa shape index (κ3) is 4.04. The summed E-state index contributed by atoms with van der Waals surface area (Å²) in [5.74, 6) is -0.870. The number of aromatic carboxylic acids is 1. The molecule has 0 saturated heterocycles. The molecule has 2 rings (SSSR count). The molecule has 1 heterocycles. The highest BCUT2D eigenvalue weighted by Crippen LogP contribution is 2.17. The van der Waals surface area contributed by atoms with E-state index in [1.165, 1.54) is 18.3 Å². The summed E-state index contributed by atoms with van der Waals surface area (Å²) < 4.78 is 0. The Morgan fingerprint density at radius 1 is 1.14 bits per heavy atom. The van der Waals surface area contributed by atoms with Crippen LogP contribution in [-0.2, 0) is 11.2 Å². The number of benzene rings is 1. The number of pyridine rings is 1. The number of para-hydroxylation sites is 1. The number of nitrogens with one attached hydrogen (secondary N) is 1. The van der Waals surface area contributed by atoms with E-state index < -0.39 is 5.97 Å². The molecule has 0 saturated carbocycles. The summed E-state index contributed by atoms with van der Waals surface area (Å²) >= 11 is 0. The summed E-state index contributed by atoms with van der Waals surface area (Å²) in [5, 5.41) is 20.9. The first-order chi connectivity index (χ1) is 10.1. The minimum Gasteiger partial charge on any atom is -0.508 e. The SMILES string of the molecule is O=C(CCc1ccccc1O)Nc1ccc(C(=O)O)cn1. The van der Waals surface area contributed by atoms with Gasteiger partial charge >= 0.3 is 5.97 Å². The largest absolute Gasteiger partial charge is 0.508 e. The van der Waals surface area contributed by atoms with Gasteiger partial charge in [0, 0.05) is 12.6 Å². The molecule has 0 aliphatic carbocycles. The summed E-state index contributed by atoms with van der Waals surface area (Å²) in [5.41, 5.74) is 0.754. The molecule has 21 heavy (non-hydrogen) atoms. The molecule has 1 amide bonds. The van der Waals surface area contributed by atoms with Crippen LogP contribution in [0.5, 0.6) is 5.75 Å². The summed E-state index contributed by atoms with van der Waals surface area (Å²) in [6, 6.07) is 9.63. The van der Waals surface area contributed by atoms with Crippen molar-refractivity contribution in [3.05, 3.63) is 53.7 Å². The highest BCUT2D eigenvalue weighted by molar-refractivity contribution is 5.91. The summed E-state index contributed by atoms with van der Waals surface area (Å²) in [7, 11) is 0. The van der Waals surface area contributed by atoms with Gasteiger partial charge in [-0.15, -0.1) is 0 Å². The molecule has 6 nitrogen and oxygen atoms in total. The van der Waals surface area contributed by atoms with Crippen LogP contribution in [0, 0.1) is 0 Å². The second kappa shape index (κ2) is 6.51. The molecule has 0 unspecified atom stereocenters. The fourth-order valence-corrected chi connectivity index (χ4v) is 1.77. The maximum atomic E-state index is 11.8. The number of nitrogens with zero attached hydrogens (tertiary/aromatic N) is 1. The molecule has 0 aliphatic heterocycles. The van der Waals surface area contributed by atoms with Gasteiger partial charge in [0.2, 0.25) is 5.91 Å². The highest BCUT2D eigenvalue weighted by atomic mass is 16.4. The zero-order chi connectivity index (χ0) is 15.2. The van der Waals surface area contributed by atoms with Crippen molar-refractivity contribution in [2.45, 2.75) is 12.8 Å². The number of phenolic OH excluding ortho intramolecular Hbond substituents is 1. The summed E-state index contributed by atoms with van der Waals surface area (Å²) in [6.07, 6.45) is 1.78. The monoisotopic (exact) mass is 286 g/mol. The Balaban J connectivity index is 1.90. The molecule has 2 aromatic rings. The zero-order valence-corrected chi connectivity index (χ0v) is 11.1. The number of carbonyl (C=O) groups excluding carboxylic acids is 1. The Bertz CT molecular complexity index is 653. The molecule has 0 aliphatic rings. The predicted octanol–water partition coefficient (Wildman–Crippen LogP) is 2.06. The van der Waals surface area contributed by atoms with Gasteiger partial charge in [-0.2, -0.15) is 0 Å². The van der Waals surface area contributed by atoms with Crippen molar-refractivity contribution in [1.29, 1.82) is 0 Å². The van der Waals surface area contributed by atoms with E-state index in [9.17, 15) is 14.7 Å². The van der Waals surface area contributed by atoms with E-state index in [4.69, 9.17) is 5.11 Å². The fourth-order valence-electron chi connectivity index (χ4n) is 1.77. The molecular formula is C15H14N2O4. The van der Waals surface area contributed by atoms with Crippen molar-refractivity contribution in [2.24, 2.45) is 0 Å². The summed E-state index contributed by atoms with van der Waals surface area (Å²) in [4.78, 5) is 26.3. The smallest absolute Gasteiger partial charge is 0.337 e. The van der Waals surface area contributed by atoms with Crippen molar-refractivity contribution in [2.75, 3.05) is 5.32 Å². The fraction of sp³-hybridized carbons (Fsp3) is 0.133. The van der Waals surface area contributed by atoms with Crippen molar-refractivity contribution < 1.29 is 19.8 Å². The van der Waals surface area contributed by atoms with E-state index in [0.29, 0.717) is 17.8 Å². The first-order valence-electron chi connectivity index (χ1n) is 6.32. The first-order valence-corrected chi connectivity index (χ1v) is 6.32. The number of hydrogen-bond acceptors (Lipinski definition) is 4. The topological polar surface area (TPSA) is 99.5 Å². The quantitative estimate of drug-likeness (QED) is 0.781. The average molecular weight is 286 g/mol. The van der Waals surface area contributed by atoms with Crippen LogP contribution in [0.1, 0.15) is 22.3 Å². The van der Waals surface area contributed by atoms with Crippen LogP contribution in [-0.4, -0.2) is 27.1 Å². The van der Waals surface area contributed by atoms with Gasteiger partial charge in [0.05, 0.1) is 5.56 Å². The van der Waals surface area contributed by atoms with Gasteiger partial charge in [0.1, 0.15) is 11.6 Å². The number of rotatable bonds is 5. The van der Waals surface area contributed by atoms with Gasteiger partial charge in [0.15, 0.2) is 0 Å². The zero-order valence-electron chi connectivity index (χ0n) is 11.1. The molecule has 0 radical (unpaired) electrons. The lowest BCUT2D eigenvalue weighted by atomic mass is 10.1. The molecule has 6 heteroatoms. The number of hydrogen-bond donors (Lipinski definition) is 3. The lowest BCUT2D eigenvalue weighted by Gasteiger charge is -2.06. The molecule has 1 aromatic carbocycles. The number of anilines is 1. The van der Waals surface area contributed by atoms with Crippen LogP contribution in [0.15, 0.2) is 42.6 Å². The third-order valence-electron chi connectivity index (χ3n) is 2.89. The summed E-state index contributed by atoms with van der Waals surface area (Å²) in [6.45, 7) is 0. The van der Waals surface area contributed by atoms with E-state index in [2.05, 4.69) is 10.3 Å². The van der Waals surface area contributed by atoms with Gasteiger partial charge in [-0.1, -0.05) is 18.2 Å².